The van der Waals surface area contributed by atoms with Crippen molar-refractivity contribution in [1.29, 1.82) is 0 Å². The van der Waals surface area contributed by atoms with Crippen LogP contribution >= 0.6 is 11.6 Å². The Bertz CT molecular complexity index is 1030. The summed E-state index contributed by atoms with van der Waals surface area (Å²) < 4.78 is 39.4. The lowest BCUT2D eigenvalue weighted by molar-refractivity contribution is -0.137. The van der Waals surface area contributed by atoms with Crippen LogP contribution < -0.4 is 10.6 Å². The van der Waals surface area contributed by atoms with Gasteiger partial charge in [-0.05, 0) is 24.3 Å². The first-order valence-corrected chi connectivity index (χ1v) is 8.44. The van der Waals surface area contributed by atoms with Crippen molar-refractivity contribution in [3.8, 4) is 22.6 Å². The van der Waals surface area contributed by atoms with E-state index in [1.165, 1.54) is 19.4 Å². The topological polar surface area (TPSA) is 82.7 Å². The lowest BCUT2D eigenvalue weighted by atomic mass is 10.0. The number of aromatic nitrogens is 3. The first kappa shape index (κ1) is 19.7. The summed E-state index contributed by atoms with van der Waals surface area (Å²) in [6.07, 6.45) is -3.21. The van der Waals surface area contributed by atoms with Crippen LogP contribution in [0.25, 0.3) is 22.6 Å². The molecule has 3 aromatic rings. The molecular formula is C18H15ClF3N5O. The van der Waals surface area contributed by atoms with E-state index in [1.807, 2.05) is 0 Å². The lowest BCUT2D eigenvalue weighted by Gasteiger charge is -2.11. The second-order valence-corrected chi connectivity index (χ2v) is 6.19. The minimum atomic E-state index is -4.55. The van der Waals surface area contributed by atoms with Gasteiger partial charge in [-0.1, -0.05) is 11.6 Å². The van der Waals surface area contributed by atoms with Gasteiger partial charge in [-0.2, -0.15) is 13.2 Å². The number of hydrogen-bond acceptors (Lipinski definition) is 4. The molecule has 1 amide bonds. The monoisotopic (exact) mass is 409 g/mol. The molecule has 0 bridgehead atoms. The highest BCUT2D eigenvalue weighted by Crippen LogP contribution is 2.38. The van der Waals surface area contributed by atoms with Crippen LogP contribution in [0.4, 0.5) is 19.0 Å². The molecule has 3 rings (SSSR count). The molecular weight excluding hydrogens is 395 g/mol. The molecule has 0 aliphatic rings. The SMILES string of the molecule is CNC(=O)c1cc(-c2cc(NC)ncn2)[nH]c1-c1cc(C(F)(F)F)ccc1Cl. The summed E-state index contributed by atoms with van der Waals surface area (Å²) in [6, 6.07) is 6.09. The van der Waals surface area contributed by atoms with Gasteiger partial charge in [-0.15, -0.1) is 0 Å². The van der Waals surface area contributed by atoms with Crippen molar-refractivity contribution in [2.45, 2.75) is 6.18 Å². The summed E-state index contributed by atoms with van der Waals surface area (Å²) in [5, 5.41) is 5.41. The summed E-state index contributed by atoms with van der Waals surface area (Å²) >= 11 is 6.15. The fourth-order valence-electron chi connectivity index (χ4n) is 2.65. The summed E-state index contributed by atoms with van der Waals surface area (Å²) in [4.78, 5) is 23.5. The Morgan fingerprint density at radius 1 is 1.14 bits per heavy atom. The molecule has 0 saturated heterocycles. The van der Waals surface area contributed by atoms with E-state index in [0.29, 0.717) is 17.2 Å². The molecule has 0 saturated carbocycles. The highest BCUT2D eigenvalue weighted by Gasteiger charge is 2.31. The normalized spacial score (nSPS) is 11.4. The number of nitrogens with one attached hydrogen (secondary N) is 3. The van der Waals surface area contributed by atoms with E-state index >= 15 is 0 Å². The molecule has 146 valence electrons. The predicted octanol–water partition coefficient (Wildman–Crippen LogP) is 4.21. The average Bonchev–Trinajstić information content (AvgIpc) is 3.12. The van der Waals surface area contributed by atoms with Crippen LogP contribution in [0.3, 0.4) is 0 Å². The molecule has 2 aromatic heterocycles. The van der Waals surface area contributed by atoms with E-state index in [1.54, 1.807) is 13.1 Å². The van der Waals surface area contributed by atoms with Crippen LogP contribution in [0, 0.1) is 0 Å². The zero-order chi connectivity index (χ0) is 20.5. The van der Waals surface area contributed by atoms with Gasteiger partial charge in [0.05, 0.1) is 28.2 Å². The maximum atomic E-state index is 13.1. The van der Waals surface area contributed by atoms with Crippen LogP contribution in [-0.2, 0) is 6.18 Å². The number of H-pyrrole nitrogens is 1. The second-order valence-electron chi connectivity index (χ2n) is 5.78. The Morgan fingerprint density at radius 3 is 2.54 bits per heavy atom. The molecule has 28 heavy (non-hydrogen) atoms. The van der Waals surface area contributed by atoms with Crippen molar-refractivity contribution in [2.24, 2.45) is 0 Å². The number of benzene rings is 1. The average molecular weight is 410 g/mol. The van der Waals surface area contributed by atoms with E-state index in [9.17, 15) is 18.0 Å². The van der Waals surface area contributed by atoms with Gasteiger partial charge in [0.1, 0.15) is 12.1 Å². The standard InChI is InChI=1S/C18H15ClF3N5O/c1-23-15-7-13(25-8-26-15)14-6-11(17(28)24-2)16(27-14)10-5-9(18(20,21)22)3-4-12(10)19/h3-8,27H,1-2H3,(H,24,28)(H,23,25,26). The van der Waals surface area contributed by atoms with E-state index in [4.69, 9.17) is 11.6 Å². The van der Waals surface area contributed by atoms with Gasteiger partial charge < -0.3 is 15.6 Å². The van der Waals surface area contributed by atoms with Crippen LogP contribution in [0.5, 0.6) is 0 Å². The largest absolute Gasteiger partial charge is 0.416 e. The van der Waals surface area contributed by atoms with Crippen LogP contribution in [0.2, 0.25) is 5.02 Å². The number of nitrogens with zero attached hydrogens (tertiary/aromatic N) is 2. The lowest BCUT2D eigenvalue weighted by Crippen LogP contribution is -2.18. The molecule has 0 atom stereocenters. The van der Waals surface area contributed by atoms with Crippen molar-refractivity contribution in [1.82, 2.24) is 20.3 Å². The van der Waals surface area contributed by atoms with Crippen LogP contribution in [0.15, 0.2) is 36.7 Å². The van der Waals surface area contributed by atoms with Crippen molar-refractivity contribution in [3.63, 3.8) is 0 Å². The number of anilines is 1. The number of alkyl halides is 3. The highest BCUT2D eigenvalue weighted by molar-refractivity contribution is 6.33. The quantitative estimate of drug-likeness (QED) is 0.602. The summed E-state index contributed by atoms with van der Waals surface area (Å²) in [6.45, 7) is 0. The number of halogens is 4. The van der Waals surface area contributed by atoms with Gasteiger partial charge in [0.2, 0.25) is 0 Å². The number of amides is 1. The Hall–Kier alpha value is -3.07. The molecule has 0 unspecified atom stereocenters. The van der Waals surface area contributed by atoms with Gasteiger partial charge in [0.15, 0.2) is 0 Å². The van der Waals surface area contributed by atoms with Crippen molar-refractivity contribution < 1.29 is 18.0 Å². The maximum absolute atomic E-state index is 13.1. The fourth-order valence-corrected chi connectivity index (χ4v) is 2.87. The first-order valence-electron chi connectivity index (χ1n) is 8.07. The Balaban J connectivity index is 2.20. The van der Waals surface area contributed by atoms with Crippen molar-refractivity contribution in [3.05, 3.63) is 52.8 Å². The molecule has 2 heterocycles. The number of rotatable bonds is 4. The highest BCUT2D eigenvalue weighted by atomic mass is 35.5. The van der Waals surface area contributed by atoms with Crippen molar-refractivity contribution >= 4 is 23.3 Å². The van der Waals surface area contributed by atoms with Crippen LogP contribution in [0.1, 0.15) is 15.9 Å². The molecule has 0 fully saturated rings. The van der Waals surface area contributed by atoms with Crippen LogP contribution in [-0.4, -0.2) is 35.0 Å². The number of carbonyl (C=O) groups is 1. The molecule has 0 aliphatic heterocycles. The molecule has 10 heteroatoms. The Kier molecular flexibility index (Phi) is 5.28. The van der Waals surface area contributed by atoms with E-state index in [2.05, 4.69) is 25.6 Å². The second kappa shape index (κ2) is 7.51. The van der Waals surface area contributed by atoms with Gasteiger partial charge >= 0.3 is 6.18 Å². The Morgan fingerprint density at radius 2 is 1.89 bits per heavy atom. The van der Waals surface area contributed by atoms with E-state index in [0.717, 1.165) is 18.2 Å². The maximum Gasteiger partial charge on any atom is 0.416 e. The van der Waals surface area contributed by atoms with E-state index < -0.39 is 17.6 Å². The first-order chi connectivity index (χ1) is 13.2. The summed E-state index contributed by atoms with van der Waals surface area (Å²) in [5.41, 5.74) is 0.382. The van der Waals surface area contributed by atoms with Gasteiger partial charge in [0, 0.05) is 30.7 Å². The van der Waals surface area contributed by atoms with Gasteiger partial charge in [-0.3, -0.25) is 4.79 Å². The molecule has 0 spiro atoms. The third-order valence-electron chi connectivity index (χ3n) is 4.05. The number of carbonyl (C=O) groups excluding carboxylic acids is 1. The molecule has 1 aromatic carbocycles. The predicted molar refractivity (Wildman–Crippen MR) is 100 cm³/mol. The smallest absolute Gasteiger partial charge is 0.373 e. The van der Waals surface area contributed by atoms with E-state index in [-0.39, 0.29) is 21.8 Å². The summed E-state index contributed by atoms with van der Waals surface area (Å²) in [7, 11) is 3.11. The van der Waals surface area contributed by atoms with Gasteiger partial charge in [0.25, 0.3) is 5.91 Å². The zero-order valence-corrected chi connectivity index (χ0v) is 15.5. The summed E-state index contributed by atoms with van der Waals surface area (Å²) in [5.74, 6) is 0.0635. The third-order valence-corrected chi connectivity index (χ3v) is 4.38. The molecule has 3 N–H and O–H groups in total. The fraction of sp³-hybridized carbons (Fsp3) is 0.167. The van der Waals surface area contributed by atoms with Gasteiger partial charge in [-0.25, -0.2) is 9.97 Å². The zero-order valence-electron chi connectivity index (χ0n) is 14.8. The molecule has 0 radical (unpaired) electrons. The minimum absolute atomic E-state index is 0.0595. The third kappa shape index (κ3) is 3.79. The Labute approximate surface area is 163 Å². The minimum Gasteiger partial charge on any atom is -0.373 e. The molecule has 6 nitrogen and oxygen atoms in total. The number of aromatic amines is 1. The molecule has 0 aliphatic carbocycles. The van der Waals surface area contributed by atoms with Crippen molar-refractivity contribution in [2.75, 3.05) is 19.4 Å². The number of hydrogen-bond donors (Lipinski definition) is 3.